The van der Waals surface area contributed by atoms with Gasteiger partial charge in [0.25, 0.3) is 5.91 Å². The average Bonchev–Trinajstić information content (AvgIpc) is 3.03. The fourth-order valence-corrected chi connectivity index (χ4v) is 7.97. The molecule has 3 N–H and O–H groups in total. The summed E-state index contributed by atoms with van der Waals surface area (Å²) in [5.74, 6) is -6.26. The van der Waals surface area contributed by atoms with Gasteiger partial charge in [0.2, 0.25) is 0 Å². The van der Waals surface area contributed by atoms with Crippen molar-refractivity contribution < 1.29 is 46.1 Å². The van der Waals surface area contributed by atoms with E-state index >= 15 is 0 Å². The van der Waals surface area contributed by atoms with Crippen molar-refractivity contribution in [2.45, 2.75) is 47.5 Å². The minimum atomic E-state index is -4.05. The first-order valence-corrected chi connectivity index (χ1v) is 14.3. The number of methoxy groups -OCH3 is 1. The summed E-state index contributed by atoms with van der Waals surface area (Å²) < 4.78 is 78.0. The standard InChI is InChI=1S/C26H29ClF3NO7S/c1-37-11-18(32)12-38-13-26(34)15-3-4-16(26)8-19(7-15)39(35,36)23-6-14(2-5-20(23)27)25(33)31-17-9-21(28)24(30)22(29)10-17/h2,5-6,9-10,15-16,18-19,32,34H,3-4,7-8,11-13H2,1H3,(H,31,33)/t15-,16?,18-,19-,26-/m1/s1. The van der Waals surface area contributed by atoms with Crippen LogP contribution in [0.5, 0.6) is 0 Å². The number of aliphatic hydroxyl groups excluding tert-OH is 1. The van der Waals surface area contributed by atoms with E-state index in [-0.39, 0.29) is 65.7 Å². The van der Waals surface area contributed by atoms with Crippen LogP contribution in [0.25, 0.3) is 0 Å². The van der Waals surface area contributed by atoms with Crippen LogP contribution >= 0.6 is 11.6 Å². The molecule has 4 rings (SSSR count). The minimum absolute atomic E-state index is 0.0288. The zero-order valence-electron chi connectivity index (χ0n) is 21.0. The first-order valence-electron chi connectivity index (χ1n) is 12.3. The fraction of sp³-hybridized carbons (Fsp3) is 0.500. The van der Waals surface area contributed by atoms with Gasteiger partial charge in [-0.2, -0.15) is 0 Å². The van der Waals surface area contributed by atoms with Crippen molar-refractivity contribution in [3.05, 3.63) is 58.4 Å². The smallest absolute Gasteiger partial charge is 0.255 e. The van der Waals surface area contributed by atoms with E-state index in [9.17, 15) is 36.6 Å². The number of carbonyl (C=O) groups is 1. The predicted octanol–water partition coefficient (Wildman–Crippen LogP) is 3.73. The molecule has 1 amide bonds. The van der Waals surface area contributed by atoms with E-state index in [1.165, 1.54) is 19.2 Å². The summed E-state index contributed by atoms with van der Waals surface area (Å²) in [5, 5.41) is 22.4. The Morgan fingerprint density at radius 2 is 1.74 bits per heavy atom. The summed E-state index contributed by atoms with van der Waals surface area (Å²) in [4.78, 5) is 12.4. The second-order valence-corrected chi connectivity index (χ2v) is 12.7. The third-order valence-corrected chi connectivity index (χ3v) is 10.2. The van der Waals surface area contributed by atoms with Gasteiger partial charge in [-0.25, -0.2) is 21.6 Å². The Hall–Kier alpha value is -2.22. The lowest BCUT2D eigenvalue weighted by Gasteiger charge is -2.42. The molecule has 0 aliphatic heterocycles. The van der Waals surface area contributed by atoms with Crippen molar-refractivity contribution >= 4 is 33.0 Å². The molecule has 0 aromatic heterocycles. The van der Waals surface area contributed by atoms with Crippen molar-refractivity contribution in [1.29, 1.82) is 0 Å². The zero-order chi connectivity index (χ0) is 28.5. The van der Waals surface area contributed by atoms with Crippen LogP contribution in [0.3, 0.4) is 0 Å². The number of fused-ring (bicyclic) bond motifs is 2. The van der Waals surface area contributed by atoms with Gasteiger partial charge in [0.1, 0.15) is 6.10 Å². The molecule has 214 valence electrons. The molecule has 13 heteroatoms. The number of benzene rings is 2. The van der Waals surface area contributed by atoms with Crippen LogP contribution in [-0.2, 0) is 19.3 Å². The lowest BCUT2D eigenvalue weighted by molar-refractivity contribution is -0.125. The second kappa shape index (κ2) is 11.7. The molecule has 2 aliphatic rings. The highest BCUT2D eigenvalue weighted by Gasteiger charge is 2.56. The summed E-state index contributed by atoms with van der Waals surface area (Å²) in [7, 11) is -2.60. The van der Waals surface area contributed by atoms with Gasteiger partial charge in [-0.15, -0.1) is 0 Å². The molecule has 8 nitrogen and oxygen atoms in total. The number of amides is 1. The molecular weight excluding hydrogens is 563 g/mol. The van der Waals surface area contributed by atoms with Gasteiger partial charge in [0.05, 0.1) is 40.6 Å². The third kappa shape index (κ3) is 6.10. The number of hydrogen-bond donors (Lipinski definition) is 3. The van der Waals surface area contributed by atoms with Gasteiger partial charge in [0.15, 0.2) is 27.3 Å². The van der Waals surface area contributed by atoms with Crippen LogP contribution < -0.4 is 5.32 Å². The molecule has 0 saturated heterocycles. The molecular formula is C26H29ClF3NO7S. The maximum atomic E-state index is 13.7. The highest BCUT2D eigenvalue weighted by molar-refractivity contribution is 7.92. The summed E-state index contributed by atoms with van der Waals surface area (Å²) in [6.45, 7) is 0.0109. The Labute approximate surface area is 229 Å². The summed E-state index contributed by atoms with van der Waals surface area (Å²) >= 11 is 6.24. The SMILES string of the molecule is COC[C@@H](O)COC[C@]1(O)C2CC[C@@H]1C[C@@H](S(=O)(=O)c1cc(C(=O)Nc3cc(F)c(F)c(F)c3)ccc1Cl)C2. The van der Waals surface area contributed by atoms with Crippen molar-refractivity contribution in [2.24, 2.45) is 11.8 Å². The van der Waals surface area contributed by atoms with Crippen LogP contribution in [-0.4, -0.2) is 68.4 Å². The molecule has 5 atom stereocenters. The Morgan fingerprint density at radius 1 is 1.13 bits per heavy atom. The molecule has 1 unspecified atom stereocenters. The fourth-order valence-electron chi connectivity index (χ4n) is 5.57. The number of aliphatic hydroxyl groups is 2. The van der Waals surface area contributed by atoms with Crippen LogP contribution in [0.15, 0.2) is 35.2 Å². The molecule has 2 aliphatic carbocycles. The van der Waals surface area contributed by atoms with E-state index in [1.54, 1.807) is 0 Å². The predicted molar refractivity (Wildman–Crippen MR) is 136 cm³/mol. The maximum Gasteiger partial charge on any atom is 0.255 e. The zero-order valence-corrected chi connectivity index (χ0v) is 22.6. The number of anilines is 1. The number of rotatable bonds is 10. The number of hydrogen-bond acceptors (Lipinski definition) is 7. The van der Waals surface area contributed by atoms with Crippen molar-refractivity contribution in [1.82, 2.24) is 0 Å². The van der Waals surface area contributed by atoms with E-state index in [0.29, 0.717) is 25.0 Å². The van der Waals surface area contributed by atoms with Crippen LogP contribution in [0.2, 0.25) is 5.02 Å². The Morgan fingerprint density at radius 3 is 2.33 bits per heavy atom. The maximum absolute atomic E-state index is 13.7. The van der Waals surface area contributed by atoms with Crippen molar-refractivity contribution in [2.75, 3.05) is 32.2 Å². The Balaban J connectivity index is 1.49. The summed E-state index contributed by atoms with van der Waals surface area (Å²) in [6, 6.07) is 4.79. The monoisotopic (exact) mass is 591 g/mol. The number of nitrogens with one attached hydrogen (secondary N) is 1. The van der Waals surface area contributed by atoms with Crippen molar-refractivity contribution in [3.8, 4) is 0 Å². The third-order valence-electron chi connectivity index (χ3n) is 7.56. The molecule has 2 aromatic rings. The average molecular weight is 592 g/mol. The van der Waals surface area contributed by atoms with Crippen molar-refractivity contribution in [3.63, 3.8) is 0 Å². The molecule has 2 fully saturated rings. The molecule has 2 aromatic carbocycles. The summed E-state index contributed by atoms with van der Waals surface area (Å²) in [5.41, 5.74) is -1.72. The minimum Gasteiger partial charge on any atom is -0.388 e. The Kier molecular flexibility index (Phi) is 8.94. The molecule has 0 heterocycles. The highest BCUT2D eigenvalue weighted by Crippen LogP contribution is 2.52. The van der Waals surface area contributed by atoms with Gasteiger partial charge in [-0.05, 0) is 55.7 Å². The van der Waals surface area contributed by atoms with Crippen LogP contribution in [0.1, 0.15) is 36.0 Å². The molecule has 0 spiro atoms. The van der Waals surface area contributed by atoms with E-state index < -0.39 is 50.2 Å². The first-order chi connectivity index (χ1) is 18.4. The lowest BCUT2D eigenvalue weighted by Crippen LogP contribution is -2.51. The van der Waals surface area contributed by atoms with Gasteiger partial charge in [-0.3, -0.25) is 4.79 Å². The van der Waals surface area contributed by atoms with Gasteiger partial charge in [0, 0.05) is 30.5 Å². The number of ether oxygens (including phenoxy) is 2. The first kappa shape index (κ1) is 29.8. The topological polar surface area (TPSA) is 122 Å². The number of carbonyl (C=O) groups excluding carboxylic acids is 1. The second-order valence-electron chi connectivity index (χ2n) is 10.1. The molecule has 2 saturated carbocycles. The van der Waals surface area contributed by atoms with E-state index in [4.69, 9.17) is 21.1 Å². The highest BCUT2D eigenvalue weighted by atomic mass is 35.5. The van der Waals surface area contributed by atoms with E-state index in [2.05, 4.69) is 5.32 Å². The van der Waals surface area contributed by atoms with Crippen LogP contribution in [0.4, 0.5) is 18.9 Å². The normalized spacial score (nSPS) is 25.5. The number of halogens is 4. The van der Waals surface area contributed by atoms with E-state index in [1.807, 2.05) is 0 Å². The largest absolute Gasteiger partial charge is 0.388 e. The quantitative estimate of drug-likeness (QED) is 0.360. The molecule has 39 heavy (non-hydrogen) atoms. The lowest BCUT2D eigenvalue weighted by atomic mass is 9.75. The van der Waals surface area contributed by atoms with Crippen LogP contribution in [0, 0.1) is 29.3 Å². The summed E-state index contributed by atoms with van der Waals surface area (Å²) in [6.07, 6.45) is 0.678. The number of sulfone groups is 1. The van der Waals surface area contributed by atoms with Gasteiger partial charge < -0.3 is 25.0 Å². The van der Waals surface area contributed by atoms with Gasteiger partial charge >= 0.3 is 0 Å². The van der Waals surface area contributed by atoms with E-state index in [0.717, 1.165) is 6.07 Å². The molecule has 0 radical (unpaired) electrons. The van der Waals surface area contributed by atoms with Gasteiger partial charge in [-0.1, -0.05) is 11.6 Å². The molecule has 2 bridgehead atoms. The Bertz CT molecular complexity index is 1310.